The molecule has 1 aliphatic carbocycles. The summed E-state index contributed by atoms with van der Waals surface area (Å²) in [6.07, 6.45) is 4.31. The van der Waals surface area contributed by atoms with Crippen molar-refractivity contribution < 1.29 is 18.7 Å². The zero-order valence-corrected chi connectivity index (χ0v) is 16.1. The molecule has 1 unspecified atom stereocenters. The van der Waals surface area contributed by atoms with E-state index in [0.29, 0.717) is 37.4 Å². The van der Waals surface area contributed by atoms with Gasteiger partial charge in [0.2, 0.25) is 11.8 Å². The van der Waals surface area contributed by atoms with Crippen LogP contribution in [0.5, 0.6) is 5.75 Å². The third kappa shape index (κ3) is 3.19. The summed E-state index contributed by atoms with van der Waals surface area (Å²) < 4.78 is 19.4. The lowest BCUT2D eigenvalue weighted by molar-refractivity contribution is -0.147. The molecule has 0 aromatic heterocycles. The van der Waals surface area contributed by atoms with Crippen LogP contribution in [0.25, 0.3) is 0 Å². The fourth-order valence-corrected chi connectivity index (χ4v) is 4.52. The van der Waals surface area contributed by atoms with Gasteiger partial charge < -0.3 is 14.5 Å². The van der Waals surface area contributed by atoms with Crippen molar-refractivity contribution in [2.24, 2.45) is 10.8 Å². The van der Waals surface area contributed by atoms with Gasteiger partial charge in [0.1, 0.15) is 11.6 Å². The molecule has 1 aromatic rings. The van der Waals surface area contributed by atoms with Crippen LogP contribution in [0.2, 0.25) is 0 Å². The lowest BCUT2D eigenvalue weighted by Gasteiger charge is -2.39. The second-order valence-corrected chi connectivity index (χ2v) is 8.61. The Morgan fingerprint density at radius 3 is 2.70 bits per heavy atom. The molecule has 0 radical (unpaired) electrons. The molecule has 2 saturated heterocycles. The van der Waals surface area contributed by atoms with Gasteiger partial charge >= 0.3 is 0 Å². The van der Waals surface area contributed by atoms with Crippen LogP contribution in [0.4, 0.5) is 4.39 Å². The van der Waals surface area contributed by atoms with Crippen molar-refractivity contribution in [1.82, 2.24) is 9.80 Å². The first-order valence-electron chi connectivity index (χ1n) is 9.78. The van der Waals surface area contributed by atoms with Crippen LogP contribution in [-0.4, -0.2) is 48.4 Å². The number of piperidine rings is 1. The maximum atomic E-state index is 14.2. The lowest BCUT2D eigenvalue weighted by atomic mass is 9.78. The summed E-state index contributed by atoms with van der Waals surface area (Å²) in [4.78, 5) is 29.6. The van der Waals surface area contributed by atoms with Crippen molar-refractivity contribution >= 4 is 11.8 Å². The van der Waals surface area contributed by atoms with Crippen molar-refractivity contribution in [3.63, 3.8) is 0 Å². The van der Waals surface area contributed by atoms with Gasteiger partial charge in [0, 0.05) is 37.2 Å². The Morgan fingerprint density at radius 2 is 2.00 bits per heavy atom. The minimum atomic E-state index is -0.492. The lowest BCUT2D eigenvalue weighted by Crippen LogP contribution is -2.50. The largest absolute Gasteiger partial charge is 0.497 e. The summed E-state index contributed by atoms with van der Waals surface area (Å²) >= 11 is 0. The molecule has 1 atom stereocenters. The zero-order valence-electron chi connectivity index (χ0n) is 16.1. The fourth-order valence-electron chi connectivity index (χ4n) is 4.52. The molecular weight excluding hydrogens is 347 g/mol. The van der Waals surface area contributed by atoms with Gasteiger partial charge in [-0.2, -0.15) is 0 Å². The monoisotopic (exact) mass is 374 g/mol. The van der Waals surface area contributed by atoms with E-state index in [4.69, 9.17) is 4.74 Å². The molecule has 146 valence electrons. The first-order valence-corrected chi connectivity index (χ1v) is 9.78. The standard InChI is InChI=1S/C21H27FN2O3/c1-20(7-8-20)18(25)24-11-9-21(14-24)6-3-10-23(19(21)26)13-15-12-16(27-2)4-5-17(15)22/h4-5,12H,3,6-11,13-14H2,1-2H3. The van der Waals surface area contributed by atoms with E-state index in [2.05, 4.69) is 0 Å². The number of hydrogen-bond donors (Lipinski definition) is 0. The summed E-state index contributed by atoms with van der Waals surface area (Å²) in [6, 6.07) is 4.62. The third-order valence-corrected chi connectivity index (χ3v) is 6.60. The van der Waals surface area contributed by atoms with Gasteiger partial charge in [0.25, 0.3) is 0 Å². The number of likely N-dealkylation sites (tertiary alicyclic amines) is 2. The minimum absolute atomic E-state index is 0.0622. The Kier molecular flexibility index (Phi) is 4.40. The SMILES string of the molecule is COc1ccc(F)c(CN2CCCC3(CCN(C(=O)C4(C)CC4)C3)C2=O)c1. The quantitative estimate of drug-likeness (QED) is 0.814. The molecule has 0 bridgehead atoms. The maximum absolute atomic E-state index is 14.2. The van der Waals surface area contributed by atoms with Crippen molar-refractivity contribution in [3.05, 3.63) is 29.6 Å². The van der Waals surface area contributed by atoms with Crippen LogP contribution >= 0.6 is 0 Å². The number of halogens is 1. The van der Waals surface area contributed by atoms with Crippen molar-refractivity contribution in [2.75, 3.05) is 26.7 Å². The number of benzene rings is 1. The number of nitrogens with zero attached hydrogens (tertiary/aromatic N) is 2. The van der Waals surface area contributed by atoms with Gasteiger partial charge in [0.05, 0.1) is 12.5 Å². The summed E-state index contributed by atoms with van der Waals surface area (Å²) in [7, 11) is 1.54. The Balaban J connectivity index is 1.49. The van der Waals surface area contributed by atoms with E-state index in [-0.39, 0.29) is 29.6 Å². The highest BCUT2D eigenvalue weighted by molar-refractivity contribution is 5.88. The second kappa shape index (κ2) is 6.50. The molecule has 1 aromatic carbocycles. The van der Waals surface area contributed by atoms with E-state index in [9.17, 15) is 14.0 Å². The molecule has 2 aliphatic heterocycles. The topological polar surface area (TPSA) is 49.9 Å². The van der Waals surface area contributed by atoms with Crippen molar-refractivity contribution in [2.45, 2.75) is 45.6 Å². The summed E-state index contributed by atoms with van der Waals surface area (Å²) in [5, 5.41) is 0. The van der Waals surface area contributed by atoms with E-state index in [1.807, 2.05) is 11.8 Å². The number of rotatable bonds is 4. The van der Waals surface area contributed by atoms with Gasteiger partial charge in [-0.15, -0.1) is 0 Å². The van der Waals surface area contributed by atoms with Crippen LogP contribution in [0.1, 0.15) is 44.6 Å². The Bertz CT molecular complexity index is 777. The molecule has 27 heavy (non-hydrogen) atoms. The van der Waals surface area contributed by atoms with Crippen LogP contribution in [0.15, 0.2) is 18.2 Å². The molecule has 1 spiro atoms. The molecule has 5 nitrogen and oxygen atoms in total. The van der Waals surface area contributed by atoms with Crippen molar-refractivity contribution in [3.8, 4) is 5.75 Å². The molecule has 6 heteroatoms. The number of carbonyl (C=O) groups is 2. The second-order valence-electron chi connectivity index (χ2n) is 8.61. The number of hydrogen-bond acceptors (Lipinski definition) is 3. The molecule has 3 aliphatic rings. The highest BCUT2D eigenvalue weighted by atomic mass is 19.1. The number of methoxy groups -OCH3 is 1. The number of amides is 2. The van der Waals surface area contributed by atoms with Gasteiger partial charge in [-0.3, -0.25) is 9.59 Å². The van der Waals surface area contributed by atoms with Gasteiger partial charge in [-0.05, 0) is 50.3 Å². The average Bonchev–Trinajstić information content (AvgIpc) is 3.28. The fraction of sp³-hybridized carbons (Fsp3) is 0.619. The highest BCUT2D eigenvalue weighted by Gasteiger charge is 2.54. The molecule has 2 heterocycles. The first-order chi connectivity index (χ1) is 12.9. The summed E-state index contributed by atoms with van der Waals surface area (Å²) in [6.45, 7) is 4.05. The number of ether oxygens (including phenoxy) is 1. The molecular formula is C21H27FN2O3. The Labute approximate surface area is 159 Å². The van der Waals surface area contributed by atoms with Crippen LogP contribution < -0.4 is 4.74 Å². The predicted octanol–water partition coefficient (Wildman–Crippen LogP) is 2.98. The number of carbonyl (C=O) groups excluding carboxylic acids is 2. The van der Waals surface area contributed by atoms with E-state index in [1.165, 1.54) is 6.07 Å². The van der Waals surface area contributed by atoms with Gasteiger partial charge in [0.15, 0.2) is 0 Å². The van der Waals surface area contributed by atoms with E-state index in [0.717, 1.165) is 25.7 Å². The van der Waals surface area contributed by atoms with Crippen LogP contribution in [0.3, 0.4) is 0 Å². The normalized spacial score (nSPS) is 26.6. The van der Waals surface area contributed by atoms with Crippen molar-refractivity contribution in [1.29, 1.82) is 0 Å². The van der Waals surface area contributed by atoms with Crippen LogP contribution in [-0.2, 0) is 16.1 Å². The Morgan fingerprint density at radius 1 is 1.22 bits per heavy atom. The highest BCUT2D eigenvalue weighted by Crippen LogP contribution is 2.49. The predicted molar refractivity (Wildman–Crippen MR) is 98.6 cm³/mol. The van der Waals surface area contributed by atoms with E-state index < -0.39 is 5.41 Å². The molecule has 2 amide bonds. The maximum Gasteiger partial charge on any atom is 0.230 e. The molecule has 1 saturated carbocycles. The molecule has 3 fully saturated rings. The Hall–Kier alpha value is -2.11. The molecule has 4 rings (SSSR count). The van der Waals surface area contributed by atoms with Crippen LogP contribution in [0, 0.1) is 16.6 Å². The summed E-state index contributed by atoms with van der Waals surface area (Å²) in [5.74, 6) is 0.518. The average molecular weight is 374 g/mol. The van der Waals surface area contributed by atoms with E-state index in [1.54, 1.807) is 24.1 Å². The van der Waals surface area contributed by atoms with Gasteiger partial charge in [-0.1, -0.05) is 6.92 Å². The molecule has 0 N–H and O–H groups in total. The van der Waals surface area contributed by atoms with Gasteiger partial charge in [-0.25, -0.2) is 4.39 Å². The zero-order chi connectivity index (χ0) is 19.2. The van der Waals surface area contributed by atoms with E-state index >= 15 is 0 Å². The summed E-state index contributed by atoms with van der Waals surface area (Å²) in [5.41, 5.74) is -0.225. The smallest absolute Gasteiger partial charge is 0.230 e. The first kappa shape index (κ1) is 18.3. The minimum Gasteiger partial charge on any atom is -0.497 e. The third-order valence-electron chi connectivity index (χ3n) is 6.60.